The van der Waals surface area contributed by atoms with Crippen LogP contribution in [0.15, 0.2) is 60.7 Å². The third-order valence-electron chi connectivity index (χ3n) is 5.92. The summed E-state index contributed by atoms with van der Waals surface area (Å²) in [7, 11) is 1.16. The van der Waals surface area contributed by atoms with Gasteiger partial charge in [0.15, 0.2) is 0 Å². The minimum atomic E-state index is -1.17. The second kappa shape index (κ2) is 15.6. The Balaban J connectivity index is 0.000000410. The Morgan fingerprint density at radius 2 is 1.65 bits per heavy atom. The standard InChI is InChI=1S/C21H18ClF2N3O3.C6H4ClF.C5H12/c1-30-19(28)15-4-2-13(8-17(15)23)10-26-20(29)27-7-6-21(11-25,12-27)16-5-3-14(22)9-18(16)24;7-5-3-1-2-4-6(5)8;1-5(2,3)4/h2-5,8-9H,6-7,10,12H2,1H3,(H,26,29);1-4H;1-4H3. The molecular formula is C32H34Cl2F3N3O3. The summed E-state index contributed by atoms with van der Waals surface area (Å²) >= 11 is 11.1. The van der Waals surface area contributed by atoms with E-state index in [1.165, 1.54) is 41.3 Å². The number of rotatable bonds is 4. The van der Waals surface area contributed by atoms with Crippen molar-refractivity contribution in [1.82, 2.24) is 10.2 Å². The highest BCUT2D eigenvalue weighted by atomic mass is 35.5. The van der Waals surface area contributed by atoms with Crippen molar-refractivity contribution in [3.8, 4) is 6.07 Å². The van der Waals surface area contributed by atoms with Crippen LogP contribution in [0.2, 0.25) is 10.0 Å². The summed E-state index contributed by atoms with van der Waals surface area (Å²) in [5.74, 6) is -2.50. The van der Waals surface area contributed by atoms with Gasteiger partial charge in [0.25, 0.3) is 0 Å². The minimum absolute atomic E-state index is 0.0164. The van der Waals surface area contributed by atoms with E-state index in [0.717, 1.165) is 19.2 Å². The number of carbonyl (C=O) groups excluding carboxylic acids is 2. The van der Waals surface area contributed by atoms with Crippen molar-refractivity contribution in [3.63, 3.8) is 0 Å². The molecule has 6 nitrogen and oxygen atoms in total. The molecular weight excluding hydrogens is 602 g/mol. The number of halogens is 5. The van der Waals surface area contributed by atoms with Crippen LogP contribution in [0.25, 0.3) is 0 Å². The van der Waals surface area contributed by atoms with E-state index in [1.54, 1.807) is 12.1 Å². The maximum Gasteiger partial charge on any atom is 0.340 e. The number of ether oxygens (including phenoxy) is 1. The van der Waals surface area contributed by atoms with Crippen molar-refractivity contribution < 1.29 is 27.5 Å². The van der Waals surface area contributed by atoms with Gasteiger partial charge in [0.05, 0.1) is 23.8 Å². The topological polar surface area (TPSA) is 82.4 Å². The Hall–Kier alpha value is -3.74. The summed E-state index contributed by atoms with van der Waals surface area (Å²) in [4.78, 5) is 25.4. The van der Waals surface area contributed by atoms with Crippen LogP contribution in [0.5, 0.6) is 0 Å². The number of nitriles is 1. The van der Waals surface area contributed by atoms with E-state index in [-0.39, 0.29) is 53.0 Å². The van der Waals surface area contributed by atoms with Gasteiger partial charge in [-0.25, -0.2) is 22.8 Å². The SMILES string of the molecule is CC(C)(C)C.COC(=O)c1ccc(CNC(=O)N2CCC(C#N)(c3ccc(Cl)cc3F)C2)cc1F.Fc1ccccc1Cl. The highest BCUT2D eigenvalue weighted by Gasteiger charge is 2.43. The highest BCUT2D eigenvalue weighted by molar-refractivity contribution is 6.30. The molecule has 43 heavy (non-hydrogen) atoms. The van der Waals surface area contributed by atoms with Crippen LogP contribution in [0.1, 0.15) is 55.6 Å². The monoisotopic (exact) mass is 635 g/mol. The zero-order chi connectivity index (χ0) is 32.4. The third kappa shape index (κ3) is 10.8. The van der Waals surface area contributed by atoms with Gasteiger partial charge in [-0.05, 0) is 53.8 Å². The van der Waals surface area contributed by atoms with Crippen molar-refractivity contribution in [2.24, 2.45) is 5.41 Å². The fraction of sp³-hybridized carbons (Fsp3) is 0.344. The van der Waals surface area contributed by atoms with Crippen LogP contribution in [-0.4, -0.2) is 37.1 Å². The van der Waals surface area contributed by atoms with Crippen LogP contribution in [0.4, 0.5) is 18.0 Å². The molecule has 1 N–H and O–H groups in total. The van der Waals surface area contributed by atoms with Gasteiger partial charge in [-0.15, -0.1) is 0 Å². The highest BCUT2D eigenvalue weighted by Crippen LogP contribution is 2.36. The molecule has 1 unspecified atom stereocenters. The second-order valence-electron chi connectivity index (χ2n) is 11.4. The van der Waals surface area contributed by atoms with E-state index >= 15 is 0 Å². The zero-order valence-corrected chi connectivity index (χ0v) is 26.1. The summed E-state index contributed by atoms with van der Waals surface area (Å²) in [5, 5.41) is 12.8. The number of benzene rings is 3. The van der Waals surface area contributed by atoms with Crippen LogP contribution < -0.4 is 5.32 Å². The fourth-order valence-electron chi connectivity index (χ4n) is 3.90. The summed E-state index contributed by atoms with van der Waals surface area (Å²) in [6.45, 7) is 9.04. The average Bonchev–Trinajstić information content (AvgIpc) is 3.38. The number of carbonyl (C=O) groups is 2. The largest absolute Gasteiger partial charge is 0.465 e. The summed E-state index contributed by atoms with van der Waals surface area (Å²) in [6.07, 6.45) is 0.276. The lowest BCUT2D eigenvalue weighted by atomic mass is 9.81. The van der Waals surface area contributed by atoms with E-state index in [0.29, 0.717) is 11.0 Å². The fourth-order valence-corrected chi connectivity index (χ4v) is 4.20. The van der Waals surface area contributed by atoms with Crippen LogP contribution >= 0.6 is 23.2 Å². The Morgan fingerprint density at radius 1 is 1.00 bits per heavy atom. The number of methoxy groups -OCH3 is 1. The lowest BCUT2D eigenvalue weighted by Crippen LogP contribution is -2.40. The molecule has 1 saturated heterocycles. The van der Waals surface area contributed by atoms with Crippen LogP contribution in [0, 0.1) is 34.2 Å². The molecule has 1 aliphatic heterocycles. The molecule has 2 amide bonds. The van der Waals surface area contributed by atoms with E-state index in [4.69, 9.17) is 23.2 Å². The van der Waals surface area contributed by atoms with Crippen LogP contribution in [0.3, 0.4) is 0 Å². The molecule has 0 aliphatic carbocycles. The van der Waals surface area contributed by atoms with Crippen molar-refractivity contribution >= 4 is 35.2 Å². The molecule has 11 heteroatoms. The summed E-state index contributed by atoms with van der Waals surface area (Å²) in [6, 6.07) is 15.8. The molecule has 0 bridgehead atoms. The molecule has 3 aromatic carbocycles. The van der Waals surface area contributed by atoms with Gasteiger partial charge in [-0.1, -0.05) is 75.2 Å². The first-order valence-electron chi connectivity index (χ1n) is 13.3. The first kappa shape index (κ1) is 35.5. The Labute approximate surface area is 260 Å². The normalized spacial score (nSPS) is 15.7. The molecule has 1 atom stereocenters. The van der Waals surface area contributed by atoms with Crippen molar-refractivity contribution in [1.29, 1.82) is 5.26 Å². The quantitative estimate of drug-likeness (QED) is 0.292. The first-order chi connectivity index (χ1) is 20.1. The number of nitrogens with zero attached hydrogens (tertiary/aromatic N) is 2. The van der Waals surface area contributed by atoms with Gasteiger partial charge in [-0.2, -0.15) is 5.26 Å². The predicted octanol–water partition coefficient (Wildman–Crippen LogP) is 8.31. The number of amides is 2. The van der Waals surface area contributed by atoms with Crippen molar-refractivity contribution in [2.75, 3.05) is 20.2 Å². The number of urea groups is 1. The number of likely N-dealkylation sites (tertiary alicyclic amines) is 1. The van der Waals surface area contributed by atoms with Gasteiger partial charge in [0.2, 0.25) is 0 Å². The summed E-state index contributed by atoms with van der Waals surface area (Å²) in [5.41, 5.74) is -0.218. The lowest BCUT2D eigenvalue weighted by molar-refractivity contribution is 0.0595. The van der Waals surface area contributed by atoms with E-state index in [2.05, 4.69) is 43.8 Å². The molecule has 3 aromatic rings. The molecule has 0 aromatic heterocycles. The maximum atomic E-state index is 14.4. The number of esters is 1. The molecule has 0 spiro atoms. The Morgan fingerprint density at radius 3 is 2.16 bits per heavy atom. The zero-order valence-electron chi connectivity index (χ0n) is 24.6. The third-order valence-corrected chi connectivity index (χ3v) is 6.47. The lowest BCUT2D eigenvalue weighted by Gasteiger charge is -2.23. The number of nitrogens with one attached hydrogen (secondary N) is 1. The second-order valence-corrected chi connectivity index (χ2v) is 12.2. The number of hydrogen-bond donors (Lipinski definition) is 1. The molecule has 230 valence electrons. The summed E-state index contributed by atoms with van der Waals surface area (Å²) < 4.78 is 45.0. The number of hydrogen-bond acceptors (Lipinski definition) is 4. The molecule has 4 rings (SSSR count). The molecule has 1 heterocycles. The van der Waals surface area contributed by atoms with Gasteiger partial charge in [0.1, 0.15) is 22.9 Å². The van der Waals surface area contributed by atoms with E-state index in [1.807, 2.05) is 0 Å². The van der Waals surface area contributed by atoms with Gasteiger partial charge in [-0.3, -0.25) is 0 Å². The van der Waals surface area contributed by atoms with Crippen molar-refractivity contribution in [3.05, 3.63) is 105 Å². The maximum absolute atomic E-state index is 14.4. The van der Waals surface area contributed by atoms with E-state index in [9.17, 15) is 28.0 Å². The Bertz CT molecular complexity index is 1450. The molecule has 0 radical (unpaired) electrons. The minimum Gasteiger partial charge on any atom is -0.465 e. The smallest absolute Gasteiger partial charge is 0.340 e. The van der Waals surface area contributed by atoms with Crippen LogP contribution in [-0.2, 0) is 16.7 Å². The first-order valence-corrected chi connectivity index (χ1v) is 14.0. The Kier molecular flexibility index (Phi) is 12.9. The average molecular weight is 637 g/mol. The molecule has 1 fully saturated rings. The molecule has 0 saturated carbocycles. The van der Waals surface area contributed by atoms with Gasteiger partial charge >= 0.3 is 12.0 Å². The van der Waals surface area contributed by atoms with Gasteiger partial charge in [0, 0.05) is 30.2 Å². The van der Waals surface area contributed by atoms with E-state index < -0.39 is 29.0 Å². The predicted molar refractivity (Wildman–Crippen MR) is 161 cm³/mol. The molecule has 1 aliphatic rings. The van der Waals surface area contributed by atoms with Gasteiger partial charge < -0.3 is 15.0 Å². The van der Waals surface area contributed by atoms with Crippen molar-refractivity contribution in [2.45, 2.75) is 46.1 Å².